The highest BCUT2D eigenvalue weighted by Crippen LogP contribution is 2.36. The average Bonchev–Trinajstić information content (AvgIpc) is 3.67. The first-order valence-electron chi connectivity index (χ1n) is 14.3. The molecule has 2 N–H and O–H groups in total. The molecule has 0 spiro atoms. The largest absolute Gasteiger partial charge is 0.480 e. The number of aliphatic carboxylic acids is 1. The number of furan rings is 1. The molecule has 1 aromatic heterocycles. The molecule has 1 aliphatic heterocycles. The Kier molecular flexibility index (Phi) is 8.20. The number of amides is 2. The van der Waals surface area contributed by atoms with Crippen molar-refractivity contribution in [1.82, 2.24) is 10.2 Å². The number of hydrogen-bond acceptors (Lipinski definition) is 5. The van der Waals surface area contributed by atoms with E-state index < -0.39 is 12.0 Å². The maximum absolute atomic E-state index is 12.6. The molecule has 0 aliphatic carbocycles. The summed E-state index contributed by atoms with van der Waals surface area (Å²) in [5, 5.41) is 14.5. The number of benzene rings is 4. The van der Waals surface area contributed by atoms with E-state index in [9.17, 15) is 19.5 Å². The number of likely N-dealkylation sites (tertiary alicyclic amines) is 1. The molecule has 0 radical (unpaired) electrons. The number of carboxylic acids is 1. The van der Waals surface area contributed by atoms with Gasteiger partial charge in [-0.15, -0.1) is 0 Å². The standard InChI is InChI=1S/C35H32N2O5S/c1-22(38)37-18-17-27(19-37)34(39)36-31(35(40)41)21-43-20-23-9-11-24(12-10-23)25-13-15-26(16-14-25)28-6-4-7-30-29-5-2-3-8-32(29)42-33(28)30/h2-16,27,31H,17-21H2,1H3,(H,36,39)(H,40,41). The fraction of sp³-hybridized carbons (Fsp3) is 0.229. The van der Waals surface area contributed by atoms with Gasteiger partial charge in [0.2, 0.25) is 11.8 Å². The van der Waals surface area contributed by atoms with Crippen LogP contribution in [-0.2, 0) is 20.1 Å². The van der Waals surface area contributed by atoms with Crippen LogP contribution in [-0.4, -0.2) is 52.7 Å². The molecule has 2 atom stereocenters. The molecule has 1 fully saturated rings. The molecule has 4 aromatic carbocycles. The first-order chi connectivity index (χ1) is 20.9. The molecule has 2 heterocycles. The van der Waals surface area contributed by atoms with Crippen molar-refractivity contribution in [3.63, 3.8) is 0 Å². The number of nitrogens with zero attached hydrogens (tertiary/aromatic N) is 1. The molecule has 218 valence electrons. The Hall–Kier alpha value is -4.56. The lowest BCUT2D eigenvalue weighted by Gasteiger charge is -2.18. The van der Waals surface area contributed by atoms with E-state index in [0.717, 1.165) is 49.8 Å². The first kappa shape index (κ1) is 28.6. The summed E-state index contributed by atoms with van der Waals surface area (Å²) in [7, 11) is 0. The highest BCUT2D eigenvalue weighted by Gasteiger charge is 2.32. The minimum absolute atomic E-state index is 0.0690. The van der Waals surface area contributed by atoms with E-state index in [0.29, 0.717) is 25.3 Å². The normalized spacial score (nSPS) is 15.6. The van der Waals surface area contributed by atoms with Crippen LogP contribution in [0.2, 0.25) is 0 Å². The second-order valence-electron chi connectivity index (χ2n) is 10.9. The third kappa shape index (κ3) is 6.15. The quantitative estimate of drug-likeness (QED) is 0.200. The Morgan fingerprint density at radius 2 is 1.58 bits per heavy atom. The number of carbonyl (C=O) groups excluding carboxylic acids is 2. The lowest BCUT2D eigenvalue weighted by atomic mass is 9.98. The lowest BCUT2D eigenvalue weighted by Crippen LogP contribution is -2.45. The topological polar surface area (TPSA) is 99.9 Å². The van der Waals surface area contributed by atoms with Crippen LogP contribution in [0, 0.1) is 5.92 Å². The SMILES string of the molecule is CC(=O)N1CCC(C(=O)NC(CSCc2ccc(-c3ccc(-c4cccc5c4oc4ccccc45)cc3)cc2)C(=O)O)C1. The van der Waals surface area contributed by atoms with Crippen LogP contribution in [0.4, 0.5) is 0 Å². The van der Waals surface area contributed by atoms with E-state index in [-0.39, 0.29) is 23.5 Å². The molecule has 0 saturated carbocycles. The predicted molar refractivity (Wildman–Crippen MR) is 171 cm³/mol. The zero-order valence-electron chi connectivity index (χ0n) is 23.8. The van der Waals surface area contributed by atoms with E-state index >= 15 is 0 Å². The minimum atomic E-state index is -1.06. The zero-order valence-corrected chi connectivity index (χ0v) is 24.6. The van der Waals surface area contributed by atoms with Crippen LogP contribution in [0.3, 0.4) is 0 Å². The summed E-state index contributed by atoms with van der Waals surface area (Å²) in [5.74, 6) is -0.913. The van der Waals surface area contributed by atoms with E-state index in [1.807, 2.05) is 18.2 Å². The number of para-hydroxylation sites is 2. The Labute approximate surface area is 253 Å². The van der Waals surface area contributed by atoms with Crippen LogP contribution in [0.15, 0.2) is 95.4 Å². The van der Waals surface area contributed by atoms with Crippen molar-refractivity contribution in [3.8, 4) is 22.3 Å². The number of thioether (sulfide) groups is 1. The van der Waals surface area contributed by atoms with Gasteiger partial charge < -0.3 is 19.7 Å². The van der Waals surface area contributed by atoms with Gasteiger partial charge in [-0.1, -0.05) is 84.9 Å². The number of carboxylic acid groups (broad SMARTS) is 1. The number of rotatable bonds is 9. The minimum Gasteiger partial charge on any atom is -0.480 e. The van der Waals surface area contributed by atoms with Crippen LogP contribution in [0.5, 0.6) is 0 Å². The van der Waals surface area contributed by atoms with Crippen molar-refractivity contribution in [2.24, 2.45) is 5.92 Å². The molecule has 1 saturated heterocycles. The van der Waals surface area contributed by atoms with Crippen molar-refractivity contribution < 1.29 is 23.9 Å². The molecule has 2 unspecified atom stereocenters. The van der Waals surface area contributed by atoms with E-state index in [1.165, 1.54) is 18.7 Å². The molecule has 43 heavy (non-hydrogen) atoms. The number of nitrogens with one attached hydrogen (secondary N) is 1. The Bertz CT molecular complexity index is 1800. The van der Waals surface area contributed by atoms with Gasteiger partial charge in [0.1, 0.15) is 17.2 Å². The Morgan fingerprint density at radius 3 is 2.28 bits per heavy atom. The molecule has 1 aliphatic rings. The molecule has 5 aromatic rings. The Balaban J connectivity index is 1.06. The molecule has 6 rings (SSSR count). The highest BCUT2D eigenvalue weighted by atomic mass is 32.2. The van der Waals surface area contributed by atoms with Crippen LogP contribution in [0.25, 0.3) is 44.2 Å². The van der Waals surface area contributed by atoms with E-state index in [2.05, 4.69) is 78.1 Å². The zero-order chi connectivity index (χ0) is 29.9. The molecule has 8 heteroatoms. The van der Waals surface area contributed by atoms with Gasteiger partial charge in [0, 0.05) is 47.9 Å². The van der Waals surface area contributed by atoms with Gasteiger partial charge in [-0.2, -0.15) is 11.8 Å². The number of hydrogen-bond donors (Lipinski definition) is 2. The van der Waals surface area contributed by atoms with Gasteiger partial charge in [-0.05, 0) is 34.7 Å². The number of carbonyl (C=O) groups is 3. The van der Waals surface area contributed by atoms with Gasteiger partial charge in [0.15, 0.2) is 0 Å². The van der Waals surface area contributed by atoms with Crippen LogP contribution in [0.1, 0.15) is 18.9 Å². The summed E-state index contributed by atoms with van der Waals surface area (Å²) in [5.41, 5.74) is 7.19. The van der Waals surface area contributed by atoms with Crippen molar-refractivity contribution in [1.29, 1.82) is 0 Å². The second-order valence-corrected chi connectivity index (χ2v) is 12.0. The first-order valence-corrected chi connectivity index (χ1v) is 15.5. The van der Waals surface area contributed by atoms with Gasteiger partial charge in [-0.25, -0.2) is 4.79 Å². The van der Waals surface area contributed by atoms with Gasteiger partial charge in [0.25, 0.3) is 0 Å². The second kappa shape index (κ2) is 12.4. The number of fused-ring (bicyclic) bond motifs is 3. The monoisotopic (exact) mass is 592 g/mol. The lowest BCUT2D eigenvalue weighted by molar-refractivity contribution is -0.141. The van der Waals surface area contributed by atoms with Crippen molar-refractivity contribution in [2.75, 3.05) is 18.8 Å². The van der Waals surface area contributed by atoms with Crippen LogP contribution < -0.4 is 5.32 Å². The van der Waals surface area contributed by atoms with Gasteiger partial charge in [0.05, 0.1) is 5.92 Å². The summed E-state index contributed by atoms with van der Waals surface area (Å²) in [6.45, 7) is 2.34. The highest BCUT2D eigenvalue weighted by molar-refractivity contribution is 7.98. The third-order valence-corrected chi connectivity index (χ3v) is 9.17. The fourth-order valence-corrected chi connectivity index (χ4v) is 6.64. The summed E-state index contributed by atoms with van der Waals surface area (Å²) < 4.78 is 6.21. The maximum Gasteiger partial charge on any atom is 0.327 e. The van der Waals surface area contributed by atoms with E-state index in [4.69, 9.17) is 4.42 Å². The van der Waals surface area contributed by atoms with Crippen molar-refractivity contribution in [3.05, 3.63) is 96.6 Å². The van der Waals surface area contributed by atoms with Gasteiger partial charge in [-0.3, -0.25) is 9.59 Å². The van der Waals surface area contributed by atoms with Crippen molar-refractivity contribution in [2.45, 2.75) is 25.1 Å². The van der Waals surface area contributed by atoms with Crippen molar-refractivity contribution >= 4 is 51.5 Å². The summed E-state index contributed by atoms with van der Waals surface area (Å²) >= 11 is 1.47. The smallest absolute Gasteiger partial charge is 0.327 e. The maximum atomic E-state index is 12.6. The fourth-order valence-electron chi connectivity index (χ4n) is 5.63. The molecule has 0 bridgehead atoms. The molecule has 2 amide bonds. The average molecular weight is 593 g/mol. The molecular formula is C35H32N2O5S. The third-order valence-electron chi connectivity index (χ3n) is 8.06. The summed E-state index contributed by atoms with van der Waals surface area (Å²) in [6.07, 6.45) is 0.553. The predicted octanol–water partition coefficient (Wildman–Crippen LogP) is 6.59. The van der Waals surface area contributed by atoms with E-state index in [1.54, 1.807) is 4.90 Å². The van der Waals surface area contributed by atoms with Crippen LogP contribution >= 0.6 is 11.8 Å². The summed E-state index contributed by atoms with van der Waals surface area (Å²) in [4.78, 5) is 37.6. The van der Waals surface area contributed by atoms with Gasteiger partial charge >= 0.3 is 5.97 Å². The molecular weight excluding hydrogens is 560 g/mol. The Morgan fingerprint density at radius 1 is 0.907 bits per heavy atom. The molecule has 7 nitrogen and oxygen atoms in total. The summed E-state index contributed by atoms with van der Waals surface area (Å²) in [6, 6.07) is 30.1.